The smallest absolute Gasteiger partial charge is 0.537 e. The number of benzene rings is 3. The minimum absolute atomic E-state index is 0. The maximum Gasteiger partial charge on any atom is 1.00 e. The Kier molecular flexibility index (Phi) is 8.43. The number of rotatable bonds is 6. The predicted octanol–water partition coefficient (Wildman–Crippen LogP) is 0.463. The molecule has 0 saturated heterocycles. The molecule has 0 aliphatic carbocycles. The molecule has 0 fully saturated rings. The molecule has 3 aromatic carbocycles. The molecule has 0 aliphatic rings. The number of carbonyl (C=O) groups excluding carboxylic acids is 1. The number of hydrogen-bond acceptors (Lipinski definition) is 4. The second-order valence-corrected chi connectivity index (χ2v) is 6.99. The molecule has 30 heavy (non-hydrogen) atoms. The molecule has 146 valence electrons. The third-order valence-electron chi connectivity index (χ3n) is 4.38. The van der Waals surface area contributed by atoms with Crippen molar-refractivity contribution in [1.29, 1.82) is 0 Å². The van der Waals surface area contributed by atoms with E-state index in [2.05, 4.69) is 5.92 Å². The van der Waals surface area contributed by atoms with Crippen LogP contribution in [0, 0.1) is 11.8 Å². The second kappa shape index (κ2) is 10.6. The molecule has 0 N–H and O–H groups in total. The third-order valence-corrected chi connectivity index (χ3v) is 4.38. The molecule has 0 aliphatic heterocycles. The van der Waals surface area contributed by atoms with Crippen LogP contribution in [0.3, 0.4) is 0 Å². The van der Waals surface area contributed by atoms with E-state index in [0.717, 1.165) is 16.7 Å². The van der Waals surface area contributed by atoms with E-state index in [1.54, 1.807) is 13.8 Å². The van der Waals surface area contributed by atoms with Crippen LogP contribution in [0.15, 0.2) is 91.0 Å². The Morgan fingerprint density at radius 2 is 1.10 bits per heavy atom. The summed E-state index contributed by atoms with van der Waals surface area (Å²) in [5.74, 6) is 3.05. The number of hydrogen-bond donors (Lipinski definition) is 0. The van der Waals surface area contributed by atoms with Gasteiger partial charge < -0.3 is 9.90 Å². The van der Waals surface area contributed by atoms with Crippen molar-refractivity contribution in [3.63, 3.8) is 0 Å². The van der Waals surface area contributed by atoms with E-state index in [-0.39, 0.29) is 29.6 Å². The summed E-state index contributed by atoms with van der Waals surface area (Å²) in [6.45, 7) is 3.27. The Bertz CT molecular complexity index is 910. The van der Waals surface area contributed by atoms with Crippen LogP contribution in [-0.4, -0.2) is 11.6 Å². The quantitative estimate of drug-likeness (QED) is 0.196. The number of aliphatic carboxylic acids is 1. The van der Waals surface area contributed by atoms with Crippen LogP contribution in [0.25, 0.3) is 0 Å². The summed E-state index contributed by atoms with van der Waals surface area (Å²) < 4.78 is 0. The van der Waals surface area contributed by atoms with E-state index in [4.69, 9.17) is 9.78 Å². The SMILES string of the molecule is CC(C)(C#CC(=O)[O-])OOC(c1ccccc1)(c1ccccc1)c1ccccc1.[Na+]. The first-order valence-corrected chi connectivity index (χ1v) is 9.22. The average molecular weight is 408 g/mol. The average Bonchev–Trinajstić information content (AvgIpc) is 2.75. The van der Waals surface area contributed by atoms with Crippen molar-refractivity contribution in [3.05, 3.63) is 108 Å². The Balaban J connectivity index is 0.00000320. The summed E-state index contributed by atoms with van der Waals surface area (Å²) in [7, 11) is 0. The first kappa shape index (κ1) is 23.9. The zero-order valence-electron chi connectivity index (χ0n) is 17.3. The van der Waals surface area contributed by atoms with Gasteiger partial charge >= 0.3 is 29.6 Å². The second-order valence-electron chi connectivity index (χ2n) is 6.99. The largest absolute Gasteiger partial charge is 1.00 e. The van der Waals surface area contributed by atoms with Gasteiger partial charge in [0.2, 0.25) is 0 Å². The first-order valence-electron chi connectivity index (χ1n) is 9.22. The number of carboxylic acids is 1. The van der Waals surface area contributed by atoms with E-state index in [0.29, 0.717) is 0 Å². The van der Waals surface area contributed by atoms with Crippen molar-refractivity contribution in [3.8, 4) is 11.8 Å². The molecule has 0 atom stereocenters. The van der Waals surface area contributed by atoms with Gasteiger partial charge in [-0.3, -0.25) is 0 Å². The van der Waals surface area contributed by atoms with Crippen molar-refractivity contribution in [2.75, 3.05) is 0 Å². The van der Waals surface area contributed by atoms with Gasteiger partial charge in [-0.1, -0.05) is 96.9 Å². The molecule has 0 bridgehead atoms. The molecule has 4 nitrogen and oxygen atoms in total. The summed E-state index contributed by atoms with van der Waals surface area (Å²) in [6, 6.07) is 29.1. The standard InChI is InChI=1S/C25H22O4.Na/c1-24(2,19-18-23(26)27)28-29-25(20-12-6-3-7-13-20,21-14-8-4-9-15-21)22-16-10-5-11-17-22;/h3-17H,1-2H3,(H,26,27);/q;+1/p-1. The normalized spacial score (nSPS) is 11.0. The molecule has 0 saturated carbocycles. The molecule has 0 radical (unpaired) electrons. The Labute approximate surface area is 199 Å². The topological polar surface area (TPSA) is 58.6 Å². The summed E-state index contributed by atoms with van der Waals surface area (Å²) in [4.78, 5) is 22.6. The van der Waals surface area contributed by atoms with Gasteiger partial charge in [-0.15, -0.1) is 0 Å². The van der Waals surface area contributed by atoms with Gasteiger partial charge in [0, 0.05) is 0 Å². The molecule has 0 spiro atoms. The third kappa shape index (κ3) is 5.60. The minimum atomic E-state index is -1.47. The Morgan fingerprint density at radius 3 is 1.43 bits per heavy atom. The minimum Gasteiger partial charge on any atom is -0.537 e. The van der Waals surface area contributed by atoms with Crippen LogP contribution in [0.2, 0.25) is 0 Å². The fourth-order valence-corrected chi connectivity index (χ4v) is 3.05. The monoisotopic (exact) mass is 408 g/mol. The van der Waals surface area contributed by atoms with Gasteiger partial charge in [-0.2, -0.15) is 0 Å². The number of carboxylic acid groups (broad SMARTS) is 1. The molecule has 3 aromatic rings. The molecule has 0 aromatic heterocycles. The van der Waals surface area contributed by atoms with Crippen molar-refractivity contribution < 1.29 is 49.2 Å². The van der Waals surface area contributed by atoms with Crippen molar-refractivity contribution in [1.82, 2.24) is 0 Å². The van der Waals surface area contributed by atoms with Crippen LogP contribution < -0.4 is 34.7 Å². The summed E-state index contributed by atoms with van der Waals surface area (Å²) in [5.41, 5.74) is 0.330. The van der Waals surface area contributed by atoms with Gasteiger partial charge in [0.1, 0.15) is 5.97 Å². The van der Waals surface area contributed by atoms with Crippen molar-refractivity contribution in [2.45, 2.75) is 25.0 Å². The zero-order chi connectivity index (χ0) is 20.7. The molecular weight excluding hydrogens is 387 g/mol. The molecule has 3 rings (SSSR count). The molecular formula is C25H21NaO4. The van der Waals surface area contributed by atoms with Crippen LogP contribution in [0.4, 0.5) is 0 Å². The van der Waals surface area contributed by atoms with E-state index >= 15 is 0 Å². The van der Waals surface area contributed by atoms with Gasteiger partial charge in [0.25, 0.3) is 0 Å². The van der Waals surface area contributed by atoms with Crippen LogP contribution >= 0.6 is 0 Å². The van der Waals surface area contributed by atoms with E-state index in [1.165, 1.54) is 0 Å². The van der Waals surface area contributed by atoms with Crippen molar-refractivity contribution >= 4 is 5.97 Å². The zero-order valence-corrected chi connectivity index (χ0v) is 19.3. The summed E-state index contributed by atoms with van der Waals surface area (Å²) in [5, 5.41) is 10.7. The predicted molar refractivity (Wildman–Crippen MR) is 108 cm³/mol. The maximum absolute atomic E-state index is 10.7. The molecule has 0 amide bonds. The van der Waals surface area contributed by atoms with Gasteiger partial charge in [-0.25, -0.2) is 9.78 Å². The van der Waals surface area contributed by atoms with Crippen LogP contribution in [-0.2, 0) is 20.2 Å². The van der Waals surface area contributed by atoms with Crippen molar-refractivity contribution in [2.24, 2.45) is 0 Å². The summed E-state index contributed by atoms with van der Waals surface area (Å²) >= 11 is 0. The van der Waals surface area contributed by atoms with Crippen LogP contribution in [0.5, 0.6) is 0 Å². The number of carbonyl (C=O) groups is 1. The Morgan fingerprint density at radius 1 is 0.733 bits per heavy atom. The fraction of sp³-hybridized carbons (Fsp3) is 0.160. The molecule has 5 heteroatoms. The molecule has 0 heterocycles. The molecule has 0 unspecified atom stereocenters. The fourth-order valence-electron chi connectivity index (χ4n) is 3.05. The van der Waals surface area contributed by atoms with E-state index in [1.807, 2.05) is 96.9 Å². The summed E-state index contributed by atoms with van der Waals surface area (Å²) in [6.07, 6.45) is 0. The Hall–Kier alpha value is -2.39. The van der Waals surface area contributed by atoms with Gasteiger partial charge in [0.05, 0.1) is 0 Å². The van der Waals surface area contributed by atoms with E-state index in [9.17, 15) is 9.90 Å². The van der Waals surface area contributed by atoms with Gasteiger partial charge in [0.15, 0.2) is 11.2 Å². The van der Waals surface area contributed by atoms with Gasteiger partial charge in [-0.05, 0) is 36.5 Å². The van der Waals surface area contributed by atoms with Crippen LogP contribution in [0.1, 0.15) is 30.5 Å². The first-order chi connectivity index (χ1) is 13.9. The van der Waals surface area contributed by atoms with E-state index < -0.39 is 17.2 Å². The maximum atomic E-state index is 10.7.